The minimum atomic E-state index is 0.00122. The van der Waals surface area contributed by atoms with Crippen LogP contribution >= 0.6 is 0 Å². The summed E-state index contributed by atoms with van der Waals surface area (Å²) < 4.78 is 5.19. The van der Waals surface area contributed by atoms with Gasteiger partial charge >= 0.3 is 5.97 Å². The average molecular weight is 240 g/mol. The number of carbonyl (C=O) groups is 1. The first kappa shape index (κ1) is 14.5. The van der Waals surface area contributed by atoms with Crippen LogP contribution in [0.3, 0.4) is 0 Å². The molecule has 2 heteroatoms. The molecule has 0 bridgehead atoms. The molecule has 0 N–H and O–H groups in total. The normalized spacial score (nSPS) is 24.7. The third-order valence-electron chi connectivity index (χ3n) is 3.75. The molecule has 1 saturated heterocycles. The van der Waals surface area contributed by atoms with Crippen LogP contribution in [0.2, 0.25) is 0 Å². The molecule has 1 aliphatic heterocycles. The molecule has 1 aliphatic rings. The van der Waals surface area contributed by atoms with Gasteiger partial charge in [0.2, 0.25) is 0 Å². The van der Waals surface area contributed by atoms with Crippen molar-refractivity contribution in [2.45, 2.75) is 78.1 Å². The summed E-state index contributed by atoms with van der Waals surface area (Å²) >= 11 is 0. The highest BCUT2D eigenvalue weighted by Crippen LogP contribution is 2.30. The third-order valence-corrected chi connectivity index (χ3v) is 3.75. The Kier molecular flexibility index (Phi) is 6.61. The Morgan fingerprint density at radius 1 is 0.882 bits per heavy atom. The predicted octanol–water partition coefficient (Wildman–Crippen LogP) is 4.47. The molecule has 0 aromatic rings. The number of ether oxygens (including phenoxy) is 1. The van der Waals surface area contributed by atoms with Crippen LogP contribution in [0.4, 0.5) is 0 Å². The van der Waals surface area contributed by atoms with Crippen LogP contribution < -0.4 is 0 Å². The number of rotatable bonds is 0. The standard InChI is InChI=1S/C15H28O2/c1-15(2)11-7-3-4-9-13-17-14(16)10-6-5-8-12-15/h3-13H2,1-2H3. The van der Waals surface area contributed by atoms with E-state index in [4.69, 9.17) is 4.74 Å². The molecule has 0 spiro atoms. The number of carbonyl (C=O) groups excluding carboxylic acids is 1. The Morgan fingerprint density at radius 2 is 1.47 bits per heavy atom. The fraction of sp³-hybridized carbons (Fsp3) is 0.933. The van der Waals surface area contributed by atoms with Crippen molar-refractivity contribution in [2.75, 3.05) is 6.61 Å². The molecule has 0 radical (unpaired) electrons. The van der Waals surface area contributed by atoms with E-state index in [1.54, 1.807) is 0 Å². The van der Waals surface area contributed by atoms with Crippen LogP contribution in [0.15, 0.2) is 0 Å². The van der Waals surface area contributed by atoms with E-state index in [1.165, 1.54) is 44.9 Å². The minimum absolute atomic E-state index is 0.00122. The van der Waals surface area contributed by atoms with E-state index >= 15 is 0 Å². The average Bonchev–Trinajstić information content (AvgIpc) is 2.26. The smallest absolute Gasteiger partial charge is 0.305 e. The fourth-order valence-corrected chi connectivity index (χ4v) is 2.49. The van der Waals surface area contributed by atoms with Crippen LogP contribution in [0, 0.1) is 5.41 Å². The zero-order chi connectivity index (χ0) is 12.6. The first-order chi connectivity index (χ1) is 8.10. The van der Waals surface area contributed by atoms with Crippen molar-refractivity contribution in [2.24, 2.45) is 5.41 Å². The van der Waals surface area contributed by atoms with Crippen LogP contribution in [0.25, 0.3) is 0 Å². The van der Waals surface area contributed by atoms with E-state index in [9.17, 15) is 4.79 Å². The lowest BCUT2D eigenvalue weighted by atomic mass is 9.82. The number of hydrogen-bond acceptors (Lipinski definition) is 2. The van der Waals surface area contributed by atoms with Crippen molar-refractivity contribution in [1.82, 2.24) is 0 Å². The second-order valence-electron chi connectivity index (χ2n) is 6.11. The van der Waals surface area contributed by atoms with Crippen LogP contribution in [-0.2, 0) is 9.53 Å². The van der Waals surface area contributed by atoms with E-state index in [-0.39, 0.29) is 5.97 Å². The van der Waals surface area contributed by atoms with Crippen LogP contribution in [0.1, 0.15) is 78.1 Å². The van der Waals surface area contributed by atoms with Gasteiger partial charge in [0.15, 0.2) is 0 Å². The predicted molar refractivity (Wildman–Crippen MR) is 70.9 cm³/mol. The Hall–Kier alpha value is -0.530. The maximum absolute atomic E-state index is 11.4. The summed E-state index contributed by atoms with van der Waals surface area (Å²) in [5, 5.41) is 0. The molecule has 1 heterocycles. The fourth-order valence-electron chi connectivity index (χ4n) is 2.49. The molecule has 0 unspecified atom stereocenters. The summed E-state index contributed by atoms with van der Waals surface area (Å²) in [6.07, 6.45) is 11.5. The molecule has 0 aromatic heterocycles. The summed E-state index contributed by atoms with van der Waals surface area (Å²) in [6.45, 7) is 5.39. The number of esters is 1. The van der Waals surface area contributed by atoms with Gasteiger partial charge < -0.3 is 4.74 Å². The third kappa shape index (κ3) is 7.40. The van der Waals surface area contributed by atoms with E-state index in [1.807, 2.05) is 0 Å². The van der Waals surface area contributed by atoms with Crippen LogP contribution in [-0.4, -0.2) is 12.6 Å². The van der Waals surface area contributed by atoms with Gasteiger partial charge in [0, 0.05) is 6.42 Å². The molecule has 1 fully saturated rings. The van der Waals surface area contributed by atoms with Gasteiger partial charge in [-0.05, 0) is 31.1 Å². The topological polar surface area (TPSA) is 26.3 Å². The molecule has 0 amide bonds. The highest BCUT2D eigenvalue weighted by Gasteiger charge is 2.17. The zero-order valence-corrected chi connectivity index (χ0v) is 11.6. The summed E-state index contributed by atoms with van der Waals surface area (Å²) in [4.78, 5) is 11.4. The van der Waals surface area contributed by atoms with E-state index in [0.29, 0.717) is 18.4 Å². The van der Waals surface area contributed by atoms with Gasteiger partial charge in [0.25, 0.3) is 0 Å². The van der Waals surface area contributed by atoms with Gasteiger partial charge in [-0.1, -0.05) is 46.0 Å². The Balaban J connectivity index is 2.31. The Morgan fingerprint density at radius 3 is 2.18 bits per heavy atom. The second kappa shape index (κ2) is 7.73. The quantitative estimate of drug-likeness (QED) is 0.584. The Labute approximate surface area is 106 Å². The highest BCUT2D eigenvalue weighted by molar-refractivity contribution is 5.69. The van der Waals surface area contributed by atoms with Gasteiger partial charge in [-0.3, -0.25) is 4.79 Å². The minimum Gasteiger partial charge on any atom is -0.466 e. The van der Waals surface area contributed by atoms with Crippen molar-refractivity contribution in [1.29, 1.82) is 0 Å². The molecule has 1 rings (SSSR count). The van der Waals surface area contributed by atoms with Crippen molar-refractivity contribution in [3.05, 3.63) is 0 Å². The van der Waals surface area contributed by atoms with Gasteiger partial charge in [-0.2, -0.15) is 0 Å². The van der Waals surface area contributed by atoms with E-state index in [2.05, 4.69) is 13.8 Å². The van der Waals surface area contributed by atoms with Crippen LogP contribution in [0.5, 0.6) is 0 Å². The monoisotopic (exact) mass is 240 g/mol. The summed E-state index contributed by atoms with van der Waals surface area (Å²) in [5.41, 5.74) is 0.491. The summed E-state index contributed by atoms with van der Waals surface area (Å²) in [6, 6.07) is 0. The summed E-state index contributed by atoms with van der Waals surface area (Å²) in [7, 11) is 0. The van der Waals surface area contributed by atoms with Gasteiger partial charge in [-0.25, -0.2) is 0 Å². The molecular formula is C15H28O2. The van der Waals surface area contributed by atoms with E-state index < -0.39 is 0 Å². The maximum atomic E-state index is 11.4. The number of hydrogen-bond donors (Lipinski definition) is 0. The molecule has 0 atom stereocenters. The van der Waals surface area contributed by atoms with Crippen molar-refractivity contribution in [3.63, 3.8) is 0 Å². The SMILES string of the molecule is CC1(C)CCCCCCOC(=O)CCCCC1. The van der Waals surface area contributed by atoms with Gasteiger partial charge in [0.1, 0.15) is 0 Å². The molecule has 2 nitrogen and oxygen atoms in total. The lowest BCUT2D eigenvalue weighted by Crippen LogP contribution is -2.12. The molecule has 0 aliphatic carbocycles. The van der Waals surface area contributed by atoms with Crippen molar-refractivity contribution < 1.29 is 9.53 Å². The van der Waals surface area contributed by atoms with E-state index in [0.717, 1.165) is 12.8 Å². The first-order valence-corrected chi connectivity index (χ1v) is 7.26. The second-order valence-corrected chi connectivity index (χ2v) is 6.11. The van der Waals surface area contributed by atoms with Crippen molar-refractivity contribution >= 4 is 5.97 Å². The molecule has 0 aromatic carbocycles. The maximum Gasteiger partial charge on any atom is 0.305 e. The zero-order valence-electron chi connectivity index (χ0n) is 11.6. The molecular weight excluding hydrogens is 212 g/mol. The lowest BCUT2D eigenvalue weighted by Gasteiger charge is -2.24. The molecule has 100 valence electrons. The van der Waals surface area contributed by atoms with Gasteiger partial charge in [-0.15, -0.1) is 0 Å². The number of cyclic esters (lactones) is 1. The molecule has 0 saturated carbocycles. The highest BCUT2D eigenvalue weighted by atomic mass is 16.5. The Bertz CT molecular complexity index is 221. The largest absolute Gasteiger partial charge is 0.466 e. The molecule has 17 heavy (non-hydrogen) atoms. The summed E-state index contributed by atoms with van der Waals surface area (Å²) in [5.74, 6) is 0.00122. The van der Waals surface area contributed by atoms with Gasteiger partial charge in [0.05, 0.1) is 6.61 Å². The van der Waals surface area contributed by atoms with Crippen molar-refractivity contribution in [3.8, 4) is 0 Å². The lowest BCUT2D eigenvalue weighted by molar-refractivity contribution is -0.143. The first-order valence-electron chi connectivity index (χ1n) is 7.26.